The van der Waals surface area contributed by atoms with E-state index in [4.69, 9.17) is 0 Å². The van der Waals surface area contributed by atoms with E-state index in [1.165, 1.54) is 11.1 Å². The largest absolute Gasteiger partial charge is 0.349 e. The predicted molar refractivity (Wildman–Crippen MR) is 82.6 cm³/mol. The Balaban J connectivity index is 1.98. The predicted octanol–water partition coefficient (Wildman–Crippen LogP) is 3.72. The SMILES string of the molecule is Cc1ccc([C@H](C)NC(=O)Cc2ccccc2)cc1C. The Morgan fingerprint density at radius 1 is 1.05 bits per heavy atom. The van der Waals surface area contributed by atoms with Gasteiger partial charge in [0.05, 0.1) is 12.5 Å². The van der Waals surface area contributed by atoms with Crippen molar-refractivity contribution in [2.75, 3.05) is 0 Å². The molecule has 0 aliphatic heterocycles. The van der Waals surface area contributed by atoms with Crippen LogP contribution in [-0.2, 0) is 11.2 Å². The lowest BCUT2D eigenvalue weighted by atomic mass is 10.0. The molecule has 0 saturated heterocycles. The molecule has 20 heavy (non-hydrogen) atoms. The Hall–Kier alpha value is -2.09. The zero-order chi connectivity index (χ0) is 14.5. The average molecular weight is 267 g/mol. The van der Waals surface area contributed by atoms with Crippen LogP contribution in [0.1, 0.15) is 35.2 Å². The normalized spacial score (nSPS) is 11.9. The summed E-state index contributed by atoms with van der Waals surface area (Å²) in [6.45, 7) is 6.21. The molecule has 2 aromatic carbocycles. The molecular formula is C18H21NO. The van der Waals surface area contributed by atoms with Crippen molar-refractivity contribution in [2.45, 2.75) is 33.2 Å². The molecule has 0 spiro atoms. The lowest BCUT2D eigenvalue weighted by molar-refractivity contribution is -0.121. The third-order valence-corrected chi connectivity index (χ3v) is 3.62. The molecule has 0 unspecified atom stereocenters. The minimum absolute atomic E-state index is 0.0329. The van der Waals surface area contributed by atoms with E-state index in [0.29, 0.717) is 6.42 Å². The van der Waals surface area contributed by atoms with Gasteiger partial charge in [-0.1, -0.05) is 48.5 Å². The Bertz CT molecular complexity index is 590. The van der Waals surface area contributed by atoms with Crippen molar-refractivity contribution in [1.29, 1.82) is 0 Å². The summed E-state index contributed by atoms with van der Waals surface area (Å²) < 4.78 is 0. The second kappa shape index (κ2) is 6.38. The molecular weight excluding hydrogens is 246 g/mol. The summed E-state index contributed by atoms with van der Waals surface area (Å²) in [5.41, 5.74) is 4.72. The van der Waals surface area contributed by atoms with E-state index in [9.17, 15) is 4.79 Å². The first-order valence-corrected chi connectivity index (χ1v) is 6.96. The number of nitrogens with one attached hydrogen (secondary N) is 1. The fourth-order valence-corrected chi connectivity index (χ4v) is 2.19. The van der Waals surface area contributed by atoms with Gasteiger partial charge in [-0.2, -0.15) is 0 Å². The van der Waals surface area contributed by atoms with Crippen LogP contribution < -0.4 is 5.32 Å². The minimum Gasteiger partial charge on any atom is -0.349 e. The summed E-state index contributed by atoms with van der Waals surface area (Å²) in [6.07, 6.45) is 0.427. The van der Waals surface area contributed by atoms with Gasteiger partial charge >= 0.3 is 0 Å². The van der Waals surface area contributed by atoms with Gasteiger partial charge in [0, 0.05) is 0 Å². The highest BCUT2D eigenvalue weighted by molar-refractivity contribution is 5.79. The van der Waals surface area contributed by atoms with Crippen LogP contribution in [0.15, 0.2) is 48.5 Å². The van der Waals surface area contributed by atoms with E-state index in [-0.39, 0.29) is 11.9 Å². The fourth-order valence-electron chi connectivity index (χ4n) is 2.19. The van der Waals surface area contributed by atoms with Crippen molar-refractivity contribution >= 4 is 5.91 Å². The first-order valence-electron chi connectivity index (χ1n) is 6.96. The number of hydrogen-bond donors (Lipinski definition) is 1. The zero-order valence-electron chi connectivity index (χ0n) is 12.3. The average Bonchev–Trinajstić information content (AvgIpc) is 2.42. The maximum Gasteiger partial charge on any atom is 0.224 e. The molecule has 0 heterocycles. The monoisotopic (exact) mass is 267 g/mol. The van der Waals surface area contributed by atoms with Gasteiger partial charge in [-0.25, -0.2) is 0 Å². The van der Waals surface area contributed by atoms with E-state index >= 15 is 0 Å². The minimum atomic E-state index is 0.0329. The van der Waals surface area contributed by atoms with E-state index in [1.807, 2.05) is 37.3 Å². The van der Waals surface area contributed by atoms with E-state index in [0.717, 1.165) is 11.1 Å². The molecule has 2 aromatic rings. The first-order chi connectivity index (χ1) is 9.56. The second-order valence-electron chi connectivity index (χ2n) is 5.30. The van der Waals surface area contributed by atoms with Crippen LogP contribution in [0, 0.1) is 13.8 Å². The molecule has 0 saturated carbocycles. The highest BCUT2D eigenvalue weighted by Gasteiger charge is 2.10. The van der Waals surface area contributed by atoms with Crippen molar-refractivity contribution in [3.63, 3.8) is 0 Å². The maximum atomic E-state index is 12.0. The Morgan fingerprint density at radius 3 is 2.40 bits per heavy atom. The van der Waals surface area contributed by atoms with Gasteiger partial charge in [0.15, 0.2) is 0 Å². The van der Waals surface area contributed by atoms with Gasteiger partial charge in [-0.05, 0) is 43.0 Å². The van der Waals surface area contributed by atoms with E-state index in [1.54, 1.807) is 0 Å². The van der Waals surface area contributed by atoms with Gasteiger partial charge in [-0.15, -0.1) is 0 Å². The van der Waals surface area contributed by atoms with Crippen LogP contribution in [0.3, 0.4) is 0 Å². The number of amides is 1. The van der Waals surface area contributed by atoms with Gasteiger partial charge < -0.3 is 5.32 Å². The highest BCUT2D eigenvalue weighted by atomic mass is 16.1. The van der Waals surface area contributed by atoms with Crippen molar-refractivity contribution < 1.29 is 4.79 Å². The molecule has 2 nitrogen and oxygen atoms in total. The summed E-state index contributed by atoms with van der Waals surface area (Å²) in [4.78, 5) is 12.0. The molecule has 0 aromatic heterocycles. The van der Waals surface area contributed by atoms with E-state index in [2.05, 4.69) is 37.4 Å². The molecule has 1 atom stereocenters. The summed E-state index contributed by atoms with van der Waals surface area (Å²) in [5.74, 6) is 0.0573. The standard InChI is InChI=1S/C18H21NO/c1-13-9-10-17(11-14(13)2)15(3)19-18(20)12-16-7-5-4-6-8-16/h4-11,15H,12H2,1-3H3,(H,19,20)/t15-/m0/s1. The highest BCUT2D eigenvalue weighted by Crippen LogP contribution is 2.16. The number of aryl methyl sites for hydroxylation is 2. The Morgan fingerprint density at radius 2 is 1.75 bits per heavy atom. The van der Waals surface area contributed by atoms with Crippen LogP contribution in [0.25, 0.3) is 0 Å². The number of benzene rings is 2. The molecule has 0 radical (unpaired) electrons. The second-order valence-corrected chi connectivity index (χ2v) is 5.30. The Kier molecular flexibility index (Phi) is 4.57. The van der Waals surface area contributed by atoms with Crippen LogP contribution in [0.4, 0.5) is 0 Å². The van der Waals surface area contributed by atoms with Crippen LogP contribution in [0.2, 0.25) is 0 Å². The number of hydrogen-bond acceptors (Lipinski definition) is 1. The molecule has 0 aliphatic rings. The number of carbonyl (C=O) groups excluding carboxylic acids is 1. The summed E-state index contributed by atoms with van der Waals surface area (Å²) in [5, 5.41) is 3.05. The first kappa shape index (κ1) is 14.3. The van der Waals surface area contributed by atoms with Crippen LogP contribution in [-0.4, -0.2) is 5.91 Å². The summed E-state index contributed by atoms with van der Waals surface area (Å²) in [7, 11) is 0. The zero-order valence-corrected chi connectivity index (χ0v) is 12.3. The molecule has 2 heteroatoms. The summed E-state index contributed by atoms with van der Waals surface area (Å²) >= 11 is 0. The Labute approximate surface area is 120 Å². The van der Waals surface area contributed by atoms with Gasteiger partial charge in [-0.3, -0.25) is 4.79 Å². The number of rotatable bonds is 4. The third-order valence-electron chi connectivity index (χ3n) is 3.62. The molecule has 104 valence electrons. The van der Waals surface area contributed by atoms with Gasteiger partial charge in [0.2, 0.25) is 5.91 Å². The molecule has 2 rings (SSSR count). The van der Waals surface area contributed by atoms with Crippen molar-refractivity contribution in [3.05, 3.63) is 70.8 Å². The quantitative estimate of drug-likeness (QED) is 0.898. The van der Waals surface area contributed by atoms with Crippen molar-refractivity contribution in [3.8, 4) is 0 Å². The molecule has 0 fully saturated rings. The van der Waals surface area contributed by atoms with Crippen LogP contribution in [0.5, 0.6) is 0 Å². The third kappa shape index (κ3) is 3.70. The summed E-state index contributed by atoms with van der Waals surface area (Å²) in [6, 6.07) is 16.2. The molecule has 0 bridgehead atoms. The van der Waals surface area contributed by atoms with Crippen LogP contribution >= 0.6 is 0 Å². The van der Waals surface area contributed by atoms with E-state index < -0.39 is 0 Å². The lowest BCUT2D eigenvalue weighted by Crippen LogP contribution is -2.28. The smallest absolute Gasteiger partial charge is 0.224 e. The van der Waals surface area contributed by atoms with Gasteiger partial charge in [0.1, 0.15) is 0 Å². The maximum absolute atomic E-state index is 12.0. The van der Waals surface area contributed by atoms with Gasteiger partial charge in [0.25, 0.3) is 0 Å². The van der Waals surface area contributed by atoms with Crippen molar-refractivity contribution in [2.24, 2.45) is 0 Å². The topological polar surface area (TPSA) is 29.1 Å². The van der Waals surface area contributed by atoms with Crippen molar-refractivity contribution in [1.82, 2.24) is 5.32 Å². The lowest BCUT2D eigenvalue weighted by Gasteiger charge is -2.15. The fraction of sp³-hybridized carbons (Fsp3) is 0.278. The molecule has 1 N–H and O–H groups in total. The molecule has 0 aliphatic carbocycles. The number of carbonyl (C=O) groups is 1. The molecule has 1 amide bonds.